The molecule has 4 N–H and O–H groups in total. The number of likely N-dealkylation sites (tertiary alicyclic amines) is 1. The predicted octanol–water partition coefficient (Wildman–Crippen LogP) is 6.59. The van der Waals surface area contributed by atoms with Gasteiger partial charge in [0.2, 0.25) is 23.5 Å². The van der Waals surface area contributed by atoms with Crippen LogP contribution in [-0.4, -0.2) is 87.1 Å². The summed E-state index contributed by atoms with van der Waals surface area (Å²) in [6.45, 7) is 10.8. The van der Waals surface area contributed by atoms with E-state index in [2.05, 4.69) is 26.1 Å². The van der Waals surface area contributed by atoms with E-state index in [0.717, 1.165) is 54.1 Å². The van der Waals surface area contributed by atoms with Crippen LogP contribution in [0.4, 0.5) is 0 Å². The number of Topliss-reactive ketones (excluding diaryl/α,β-unsaturated/α-hetero) is 2. The molecule has 1 unspecified atom stereocenters. The van der Waals surface area contributed by atoms with Crippen LogP contribution >= 0.6 is 11.6 Å². The van der Waals surface area contributed by atoms with Crippen molar-refractivity contribution in [3.8, 4) is 0 Å². The number of carbonyl (C=O) groups is 6. The molecular weight excluding hydrogens is 784 g/mol. The molecule has 13 nitrogen and oxygen atoms in total. The van der Waals surface area contributed by atoms with Crippen molar-refractivity contribution < 1.29 is 33.6 Å². The minimum atomic E-state index is -1.16. The normalized spacial score (nSPS) is 20.9. The molecule has 2 fully saturated rings. The van der Waals surface area contributed by atoms with Crippen molar-refractivity contribution in [2.24, 2.45) is 16.5 Å². The number of carbonyl (C=O) groups excluding carboxylic acids is 6. The van der Waals surface area contributed by atoms with Crippen molar-refractivity contribution in [3.05, 3.63) is 70.4 Å². The maximum Gasteiger partial charge on any atom is 0.289 e. The van der Waals surface area contributed by atoms with E-state index >= 15 is 0 Å². The molecule has 60 heavy (non-hydrogen) atoms. The molecule has 5 atom stereocenters. The van der Waals surface area contributed by atoms with Crippen molar-refractivity contribution in [2.75, 3.05) is 6.54 Å². The molecule has 14 heteroatoms. The standard InChI is InChI=1S/C46H59ClN6O7/c1-7-12-36(40(56)43(58)49-27(2)19-32-25-48-35-18-17-30(28(3)54)22-34(32)35)50-42(57)38-24-46(23-37(52-60-46)31-15-11-16-33(47)21-31)26-53(38)44(59)41(45(4,5)6)51-39(55)20-29-13-9-8-10-14-29/h11,15-18,21-22,25,27,29,36,38,41,48H,7-10,12-14,19-20,23-24,26H2,1-6H3,(H,49,58)(H,50,57)(H,51,55)/t27?,36-,38-,41+,46+/m0/s1. The van der Waals surface area contributed by atoms with E-state index in [1.165, 1.54) is 11.8 Å². The molecule has 3 heterocycles. The zero-order valence-corrected chi connectivity index (χ0v) is 36.4. The lowest BCUT2D eigenvalue weighted by Gasteiger charge is -2.36. The first-order chi connectivity index (χ1) is 28.5. The second-order valence-corrected chi connectivity index (χ2v) is 18.6. The van der Waals surface area contributed by atoms with E-state index in [0.29, 0.717) is 42.0 Å². The molecule has 2 aromatic carbocycles. The second-order valence-electron chi connectivity index (χ2n) is 18.2. The number of fused-ring (bicyclic) bond motifs is 1. The molecule has 2 aliphatic heterocycles. The smallest absolute Gasteiger partial charge is 0.289 e. The molecule has 1 aromatic heterocycles. The van der Waals surface area contributed by atoms with E-state index in [1.807, 2.05) is 58.2 Å². The fraction of sp³-hybridized carbons (Fsp3) is 0.543. The monoisotopic (exact) mass is 842 g/mol. The highest BCUT2D eigenvalue weighted by atomic mass is 35.5. The van der Waals surface area contributed by atoms with Gasteiger partial charge >= 0.3 is 0 Å². The molecule has 4 amide bonds. The summed E-state index contributed by atoms with van der Waals surface area (Å²) >= 11 is 6.30. The molecule has 1 aliphatic carbocycles. The van der Waals surface area contributed by atoms with Crippen molar-refractivity contribution in [3.63, 3.8) is 0 Å². The van der Waals surface area contributed by atoms with Crippen LogP contribution in [0.25, 0.3) is 10.9 Å². The summed E-state index contributed by atoms with van der Waals surface area (Å²) in [5.41, 5.74) is 1.90. The summed E-state index contributed by atoms with van der Waals surface area (Å²) in [7, 11) is 0. The van der Waals surface area contributed by atoms with Gasteiger partial charge in [-0.1, -0.05) is 82.3 Å². The van der Waals surface area contributed by atoms with Crippen molar-refractivity contribution in [1.29, 1.82) is 0 Å². The second kappa shape index (κ2) is 18.7. The van der Waals surface area contributed by atoms with Crippen LogP contribution in [0.2, 0.25) is 5.02 Å². The Bertz CT molecular complexity index is 2150. The SMILES string of the molecule is CCC[C@H](NC(=O)[C@@H]1C[C@]2(CC(c3cccc(Cl)c3)=NO2)CN1C(=O)[C@@H](NC(=O)CC1CCCCC1)C(C)(C)C)C(=O)C(=O)NC(C)Cc1c[nH]c2ccc(C(C)=O)cc12. The molecule has 322 valence electrons. The number of hydrogen-bond acceptors (Lipinski definition) is 8. The highest BCUT2D eigenvalue weighted by molar-refractivity contribution is 6.38. The van der Waals surface area contributed by atoms with Crippen LogP contribution in [0.1, 0.15) is 127 Å². The van der Waals surface area contributed by atoms with Crippen LogP contribution in [0.3, 0.4) is 0 Å². The fourth-order valence-corrected chi connectivity index (χ4v) is 9.06. The molecule has 6 rings (SSSR count). The Morgan fingerprint density at radius 1 is 1.02 bits per heavy atom. The number of rotatable bonds is 15. The van der Waals surface area contributed by atoms with Crippen LogP contribution < -0.4 is 16.0 Å². The largest absolute Gasteiger partial charge is 0.387 e. The summed E-state index contributed by atoms with van der Waals surface area (Å²) in [4.78, 5) is 92.9. The quantitative estimate of drug-likeness (QED) is 0.0985. The maximum absolute atomic E-state index is 14.8. The first-order valence-electron chi connectivity index (χ1n) is 21.3. The van der Waals surface area contributed by atoms with Crippen molar-refractivity contribution in [2.45, 2.75) is 142 Å². The van der Waals surface area contributed by atoms with E-state index in [9.17, 15) is 28.8 Å². The third-order valence-corrected chi connectivity index (χ3v) is 12.3. The van der Waals surface area contributed by atoms with Gasteiger partial charge in [-0.3, -0.25) is 28.8 Å². The molecule has 1 saturated carbocycles. The van der Waals surface area contributed by atoms with Crippen LogP contribution in [0.5, 0.6) is 0 Å². The summed E-state index contributed by atoms with van der Waals surface area (Å²) in [6, 6.07) is 8.94. The zero-order valence-electron chi connectivity index (χ0n) is 35.6. The first kappa shape index (κ1) is 44.5. The molecule has 3 aromatic rings. The number of halogens is 1. The number of H-pyrrole nitrogens is 1. The van der Waals surface area contributed by atoms with Gasteiger partial charge in [-0.2, -0.15) is 0 Å². The number of benzene rings is 2. The average Bonchev–Trinajstić information content (AvgIpc) is 3.92. The van der Waals surface area contributed by atoms with Gasteiger partial charge in [0, 0.05) is 58.6 Å². The lowest BCUT2D eigenvalue weighted by molar-refractivity contribution is -0.145. The number of ketones is 2. The van der Waals surface area contributed by atoms with Crippen molar-refractivity contribution in [1.82, 2.24) is 25.8 Å². The Morgan fingerprint density at radius 2 is 1.77 bits per heavy atom. The first-order valence-corrected chi connectivity index (χ1v) is 21.7. The molecule has 0 radical (unpaired) electrons. The average molecular weight is 843 g/mol. The molecule has 0 bridgehead atoms. The predicted molar refractivity (Wildman–Crippen MR) is 231 cm³/mol. The number of hydrogen-bond donors (Lipinski definition) is 4. The van der Waals surface area contributed by atoms with E-state index in [4.69, 9.17) is 16.4 Å². The molecule has 1 saturated heterocycles. The van der Waals surface area contributed by atoms with Gasteiger partial charge in [0.1, 0.15) is 12.1 Å². The van der Waals surface area contributed by atoms with Crippen LogP contribution in [-0.2, 0) is 35.2 Å². The fourth-order valence-electron chi connectivity index (χ4n) is 8.87. The Morgan fingerprint density at radius 3 is 2.45 bits per heavy atom. The van der Waals surface area contributed by atoms with E-state index in [1.54, 1.807) is 25.1 Å². The van der Waals surface area contributed by atoms with Gasteiger partial charge in [0.25, 0.3) is 5.91 Å². The maximum atomic E-state index is 14.8. The molecule has 3 aliphatic rings. The van der Waals surface area contributed by atoms with Gasteiger partial charge in [0.05, 0.1) is 18.3 Å². The van der Waals surface area contributed by atoms with Crippen LogP contribution in [0, 0.1) is 11.3 Å². The lowest BCUT2D eigenvalue weighted by atomic mass is 9.84. The number of aromatic nitrogens is 1. The van der Waals surface area contributed by atoms with Crippen LogP contribution in [0.15, 0.2) is 53.8 Å². The summed E-state index contributed by atoms with van der Waals surface area (Å²) < 4.78 is 0. The number of nitrogens with one attached hydrogen (secondary N) is 4. The van der Waals surface area contributed by atoms with Gasteiger partial charge in [-0.15, -0.1) is 0 Å². The third kappa shape index (κ3) is 10.5. The molecule has 1 spiro atoms. The van der Waals surface area contributed by atoms with E-state index < -0.39 is 58.7 Å². The van der Waals surface area contributed by atoms with Gasteiger partial charge < -0.3 is 30.7 Å². The Labute approximate surface area is 357 Å². The number of oxime groups is 1. The lowest BCUT2D eigenvalue weighted by Crippen LogP contribution is -2.59. The summed E-state index contributed by atoms with van der Waals surface area (Å²) in [5, 5.41) is 14.5. The van der Waals surface area contributed by atoms with E-state index in [-0.39, 0.29) is 37.0 Å². The van der Waals surface area contributed by atoms with Crippen molar-refractivity contribution >= 4 is 63.4 Å². The Kier molecular flexibility index (Phi) is 13.9. The zero-order chi connectivity index (χ0) is 43.4. The number of amides is 4. The minimum absolute atomic E-state index is 0.00863. The summed E-state index contributed by atoms with van der Waals surface area (Å²) in [6.07, 6.45) is 8.87. The highest BCUT2D eigenvalue weighted by Gasteiger charge is 2.55. The Hall–Kier alpha value is -5.04. The number of aromatic amines is 1. The third-order valence-electron chi connectivity index (χ3n) is 12.1. The number of nitrogens with zero attached hydrogens (tertiary/aromatic N) is 2. The molecular formula is C46H59ClN6O7. The Balaban J connectivity index is 1.19. The topological polar surface area (TPSA) is 179 Å². The van der Waals surface area contributed by atoms with Gasteiger partial charge in [-0.05, 0) is 86.8 Å². The van der Waals surface area contributed by atoms with Gasteiger partial charge in [0.15, 0.2) is 11.4 Å². The van der Waals surface area contributed by atoms with Gasteiger partial charge in [-0.25, -0.2) is 0 Å². The summed E-state index contributed by atoms with van der Waals surface area (Å²) in [5.74, 6) is -2.67. The highest BCUT2D eigenvalue weighted by Crippen LogP contribution is 2.40. The minimum Gasteiger partial charge on any atom is -0.387 e.